The topological polar surface area (TPSA) is 122 Å². The first-order valence-electron chi connectivity index (χ1n) is 9.54. The minimum Gasteiger partial charge on any atom is -0.380 e. The van der Waals surface area contributed by atoms with Crippen molar-refractivity contribution < 1.29 is 28.7 Å². The van der Waals surface area contributed by atoms with E-state index in [-0.39, 0.29) is 43.2 Å². The van der Waals surface area contributed by atoms with E-state index < -0.39 is 17.2 Å². The third-order valence-electron chi connectivity index (χ3n) is 4.23. The van der Waals surface area contributed by atoms with E-state index in [9.17, 15) is 24.0 Å². The van der Waals surface area contributed by atoms with Gasteiger partial charge in [-0.15, -0.1) is 0 Å². The molecule has 29 heavy (non-hydrogen) atoms. The molecule has 0 fully saturated rings. The van der Waals surface area contributed by atoms with Crippen molar-refractivity contribution in [1.29, 1.82) is 0 Å². The molecule has 0 spiro atoms. The zero-order chi connectivity index (χ0) is 22.1. The number of amides is 4. The predicted molar refractivity (Wildman–Crippen MR) is 106 cm³/mol. The molecule has 0 bridgehead atoms. The van der Waals surface area contributed by atoms with Gasteiger partial charge in [-0.05, 0) is 5.41 Å². The number of nitrogens with one attached hydrogen (secondary N) is 2. The molecule has 9 heteroatoms. The van der Waals surface area contributed by atoms with E-state index in [2.05, 4.69) is 10.6 Å². The highest BCUT2D eigenvalue weighted by Crippen LogP contribution is 2.22. The Labute approximate surface area is 171 Å². The first-order valence-corrected chi connectivity index (χ1v) is 9.54. The Kier molecular flexibility index (Phi) is 9.16. The van der Waals surface area contributed by atoms with E-state index in [0.717, 1.165) is 4.90 Å². The standard InChI is InChI=1S/C20H31N3O6/c1-19(2,11-16(26)21-8-10-24)13-29-14-20(3,4)12-22-15(25)7-9-23-17(27)5-6-18(23)28/h5-6,10H,7-9,11-14H2,1-4H3,(H,21,26)(H,22,25). The molecule has 0 saturated carbocycles. The number of imide groups is 1. The zero-order valence-electron chi connectivity index (χ0n) is 17.6. The van der Waals surface area contributed by atoms with Crippen LogP contribution >= 0.6 is 0 Å². The molecule has 0 saturated heterocycles. The summed E-state index contributed by atoms with van der Waals surface area (Å²) < 4.78 is 5.76. The third kappa shape index (κ3) is 9.47. The Balaban J connectivity index is 2.29. The van der Waals surface area contributed by atoms with Crippen molar-refractivity contribution in [2.45, 2.75) is 40.5 Å². The van der Waals surface area contributed by atoms with E-state index >= 15 is 0 Å². The van der Waals surface area contributed by atoms with Gasteiger partial charge in [0.05, 0.1) is 19.8 Å². The molecule has 1 rings (SSSR count). The lowest BCUT2D eigenvalue weighted by atomic mass is 9.89. The van der Waals surface area contributed by atoms with Crippen molar-refractivity contribution in [3.63, 3.8) is 0 Å². The summed E-state index contributed by atoms with van der Waals surface area (Å²) in [7, 11) is 0. The molecule has 4 amide bonds. The average molecular weight is 409 g/mol. The summed E-state index contributed by atoms with van der Waals surface area (Å²) in [6, 6.07) is 0. The number of carbonyl (C=O) groups excluding carboxylic acids is 5. The van der Waals surface area contributed by atoms with Crippen LogP contribution in [0.1, 0.15) is 40.5 Å². The molecule has 0 radical (unpaired) electrons. The molecule has 2 N–H and O–H groups in total. The monoisotopic (exact) mass is 409 g/mol. The molecule has 162 valence electrons. The number of hydrogen-bond acceptors (Lipinski definition) is 6. The molecule has 9 nitrogen and oxygen atoms in total. The van der Waals surface area contributed by atoms with Gasteiger partial charge >= 0.3 is 0 Å². The van der Waals surface area contributed by atoms with Crippen LogP contribution in [0.2, 0.25) is 0 Å². The van der Waals surface area contributed by atoms with Gasteiger partial charge in [0.2, 0.25) is 11.8 Å². The van der Waals surface area contributed by atoms with Crippen molar-refractivity contribution >= 4 is 29.9 Å². The van der Waals surface area contributed by atoms with Gasteiger partial charge in [0.25, 0.3) is 11.8 Å². The largest absolute Gasteiger partial charge is 0.380 e. The first-order chi connectivity index (χ1) is 13.5. The summed E-state index contributed by atoms with van der Waals surface area (Å²) >= 11 is 0. The van der Waals surface area contributed by atoms with Crippen molar-refractivity contribution in [2.24, 2.45) is 10.8 Å². The molecule has 1 aliphatic rings. The normalized spacial score (nSPS) is 14.3. The SMILES string of the molecule is CC(C)(CNC(=O)CCN1C(=O)C=CC1=O)COCC(C)(C)CC(=O)NCC=O. The molecule has 0 aliphatic carbocycles. The fraction of sp³-hybridized carbons (Fsp3) is 0.650. The van der Waals surface area contributed by atoms with Crippen LogP contribution in [0.5, 0.6) is 0 Å². The van der Waals surface area contributed by atoms with Gasteiger partial charge in [-0.1, -0.05) is 27.7 Å². The van der Waals surface area contributed by atoms with E-state index in [1.54, 1.807) is 0 Å². The Morgan fingerprint density at radius 1 is 1.00 bits per heavy atom. The van der Waals surface area contributed by atoms with E-state index in [1.165, 1.54) is 12.2 Å². The minimum absolute atomic E-state index is 0.000900. The second-order valence-electron chi connectivity index (χ2n) is 8.66. The Bertz CT molecular complexity index is 651. The third-order valence-corrected chi connectivity index (χ3v) is 4.23. The number of hydrogen-bond donors (Lipinski definition) is 2. The maximum absolute atomic E-state index is 12.0. The molecular formula is C20H31N3O6. The van der Waals surface area contributed by atoms with Crippen LogP contribution in [0.3, 0.4) is 0 Å². The summed E-state index contributed by atoms with van der Waals surface area (Å²) in [6.45, 7) is 8.82. The second kappa shape index (κ2) is 10.8. The summed E-state index contributed by atoms with van der Waals surface area (Å²) in [5.74, 6) is -1.27. The van der Waals surface area contributed by atoms with E-state index in [4.69, 9.17) is 4.74 Å². The van der Waals surface area contributed by atoms with Gasteiger partial charge in [0.15, 0.2) is 0 Å². The van der Waals surface area contributed by atoms with Crippen molar-refractivity contribution in [1.82, 2.24) is 15.5 Å². The lowest BCUT2D eigenvalue weighted by molar-refractivity contribution is -0.137. The summed E-state index contributed by atoms with van der Waals surface area (Å²) in [4.78, 5) is 58.0. The molecular weight excluding hydrogens is 378 g/mol. The fourth-order valence-electron chi connectivity index (χ4n) is 2.65. The highest BCUT2D eigenvalue weighted by molar-refractivity contribution is 6.13. The molecule has 0 aromatic rings. The smallest absolute Gasteiger partial charge is 0.253 e. The number of ether oxygens (including phenoxy) is 1. The highest BCUT2D eigenvalue weighted by Gasteiger charge is 2.26. The molecule has 0 atom stereocenters. The van der Waals surface area contributed by atoms with Crippen LogP contribution in [0.25, 0.3) is 0 Å². The summed E-state index contributed by atoms with van der Waals surface area (Å²) in [6.07, 6.45) is 3.29. The first kappa shape index (κ1) is 24.5. The van der Waals surface area contributed by atoms with Gasteiger partial charge in [0, 0.05) is 43.5 Å². The van der Waals surface area contributed by atoms with E-state index in [1.807, 2.05) is 27.7 Å². The van der Waals surface area contributed by atoms with Crippen LogP contribution < -0.4 is 10.6 Å². The number of carbonyl (C=O) groups is 5. The lowest BCUT2D eigenvalue weighted by Crippen LogP contribution is -2.40. The van der Waals surface area contributed by atoms with E-state index in [0.29, 0.717) is 26.0 Å². The average Bonchev–Trinajstić information content (AvgIpc) is 2.93. The van der Waals surface area contributed by atoms with Crippen molar-refractivity contribution in [2.75, 3.05) is 32.8 Å². The zero-order valence-corrected chi connectivity index (χ0v) is 17.6. The lowest BCUT2D eigenvalue weighted by Gasteiger charge is -2.29. The van der Waals surface area contributed by atoms with Gasteiger partial charge in [-0.3, -0.25) is 24.1 Å². The maximum Gasteiger partial charge on any atom is 0.253 e. The Morgan fingerprint density at radius 3 is 2.17 bits per heavy atom. The summed E-state index contributed by atoms with van der Waals surface area (Å²) in [5.41, 5.74) is -0.735. The predicted octanol–water partition coefficient (Wildman–Crippen LogP) is 0.192. The maximum atomic E-state index is 12.0. The van der Waals surface area contributed by atoms with Gasteiger partial charge in [0.1, 0.15) is 6.29 Å². The quantitative estimate of drug-likeness (QED) is 0.331. The van der Waals surface area contributed by atoms with Crippen LogP contribution in [-0.2, 0) is 28.7 Å². The van der Waals surface area contributed by atoms with Crippen molar-refractivity contribution in [3.8, 4) is 0 Å². The molecule has 1 aliphatic heterocycles. The van der Waals surface area contributed by atoms with Gasteiger partial charge in [-0.2, -0.15) is 0 Å². The molecule has 0 aromatic heterocycles. The summed E-state index contributed by atoms with van der Waals surface area (Å²) in [5, 5.41) is 5.30. The van der Waals surface area contributed by atoms with Gasteiger partial charge in [-0.25, -0.2) is 0 Å². The van der Waals surface area contributed by atoms with Crippen LogP contribution in [0, 0.1) is 10.8 Å². The van der Waals surface area contributed by atoms with Crippen molar-refractivity contribution in [3.05, 3.63) is 12.2 Å². The Morgan fingerprint density at radius 2 is 1.59 bits per heavy atom. The minimum atomic E-state index is -0.404. The second-order valence-corrected chi connectivity index (χ2v) is 8.66. The fourth-order valence-corrected chi connectivity index (χ4v) is 2.65. The van der Waals surface area contributed by atoms with Gasteiger partial charge < -0.3 is 20.2 Å². The molecule has 0 unspecified atom stereocenters. The van der Waals surface area contributed by atoms with Crippen LogP contribution in [0.4, 0.5) is 0 Å². The molecule has 1 heterocycles. The Hall–Kier alpha value is -2.55. The highest BCUT2D eigenvalue weighted by atomic mass is 16.5. The molecule has 0 aromatic carbocycles. The van der Waals surface area contributed by atoms with Crippen LogP contribution in [0.15, 0.2) is 12.2 Å². The number of aldehydes is 1. The number of rotatable bonds is 13. The number of nitrogens with zero attached hydrogens (tertiary/aromatic N) is 1. The van der Waals surface area contributed by atoms with Crippen LogP contribution in [-0.4, -0.2) is 67.7 Å².